The number of rotatable bonds is 7. The van der Waals surface area contributed by atoms with E-state index in [0.717, 1.165) is 12.3 Å². The molecule has 1 aromatic heterocycles. The third kappa shape index (κ3) is 5.05. The molecule has 6 N–H and O–H groups in total. The van der Waals surface area contributed by atoms with Gasteiger partial charge in [0.05, 0.1) is 18.1 Å². The van der Waals surface area contributed by atoms with Gasteiger partial charge in [-0.3, -0.25) is 14.4 Å². The number of ether oxygens (including phenoxy) is 3. The molecule has 38 heavy (non-hydrogen) atoms. The number of aliphatic carboxylic acids is 1. The van der Waals surface area contributed by atoms with Crippen molar-refractivity contribution in [3.05, 3.63) is 58.4 Å². The van der Waals surface area contributed by atoms with Crippen LogP contribution in [0.4, 0.5) is 0 Å². The fraction of sp³-hybridized carbons (Fsp3) is 0.320. The zero-order chi connectivity index (χ0) is 27.7. The first-order valence-corrected chi connectivity index (χ1v) is 11.2. The van der Waals surface area contributed by atoms with E-state index < -0.39 is 60.6 Å². The van der Waals surface area contributed by atoms with Crippen LogP contribution in [0.15, 0.2) is 51.9 Å². The molecule has 2 heterocycles. The second-order valence-electron chi connectivity index (χ2n) is 8.55. The van der Waals surface area contributed by atoms with E-state index in [4.69, 9.17) is 18.6 Å². The second kappa shape index (κ2) is 10.8. The zero-order valence-corrected chi connectivity index (χ0v) is 19.8. The molecule has 13 heteroatoms. The summed E-state index contributed by atoms with van der Waals surface area (Å²) in [5, 5.41) is 58.3. The first kappa shape index (κ1) is 27.0. The average molecular weight is 532 g/mol. The first-order valence-electron chi connectivity index (χ1n) is 11.2. The number of carbonyl (C=O) groups is 2. The van der Waals surface area contributed by atoms with Crippen molar-refractivity contribution in [3.8, 4) is 22.6 Å². The van der Waals surface area contributed by atoms with E-state index in [9.17, 15) is 45.0 Å². The summed E-state index contributed by atoms with van der Waals surface area (Å²) in [4.78, 5) is 38.0. The summed E-state index contributed by atoms with van der Waals surface area (Å²) in [6.07, 6.45) is -7.51. The third-order valence-corrected chi connectivity index (χ3v) is 6.17. The van der Waals surface area contributed by atoms with Crippen LogP contribution < -0.4 is 10.2 Å². The molecule has 1 fully saturated rings. The van der Waals surface area contributed by atoms with Gasteiger partial charge < -0.3 is 49.3 Å². The number of aliphatic hydroxyl groups excluding tert-OH is 4. The van der Waals surface area contributed by atoms with Gasteiger partial charge in [-0.15, -0.1) is 0 Å². The van der Waals surface area contributed by atoms with Crippen molar-refractivity contribution < 1.29 is 58.9 Å². The number of carboxylic acid groups (broad SMARTS) is 1. The molecule has 0 bridgehead atoms. The maximum Gasteiger partial charge on any atom is 0.325 e. The van der Waals surface area contributed by atoms with Crippen molar-refractivity contribution in [1.82, 2.24) is 0 Å². The van der Waals surface area contributed by atoms with Gasteiger partial charge in [-0.1, -0.05) is 12.1 Å². The van der Waals surface area contributed by atoms with Crippen LogP contribution in [-0.4, -0.2) is 87.0 Å². The molecule has 1 aliphatic heterocycles. The molecule has 0 amide bonds. The summed E-state index contributed by atoms with van der Waals surface area (Å²) in [6, 6.07) is 8.21. The van der Waals surface area contributed by atoms with Gasteiger partial charge >= 0.3 is 11.9 Å². The van der Waals surface area contributed by atoms with Crippen molar-refractivity contribution >= 4 is 22.9 Å². The number of hydrogen-bond donors (Lipinski definition) is 6. The number of phenols is 1. The molecule has 3 aromatic rings. The lowest BCUT2D eigenvalue weighted by atomic mass is 9.95. The van der Waals surface area contributed by atoms with Crippen LogP contribution in [-0.2, 0) is 19.1 Å². The molecule has 202 valence electrons. The molecule has 6 atom stereocenters. The summed E-state index contributed by atoms with van der Waals surface area (Å²) in [7, 11) is 1.21. The van der Waals surface area contributed by atoms with Crippen LogP contribution in [0.25, 0.3) is 22.1 Å². The van der Waals surface area contributed by atoms with E-state index >= 15 is 0 Å². The fourth-order valence-corrected chi connectivity index (χ4v) is 4.09. The Kier molecular flexibility index (Phi) is 7.66. The summed E-state index contributed by atoms with van der Waals surface area (Å²) in [5.74, 6) is -5.01. The number of aliphatic hydroxyl groups is 4. The lowest BCUT2D eigenvalue weighted by Crippen LogP contribution is -2.58. The molecular weight excluding hydrogens is 508 g/mol. The SMILES string of the molecule is COc1cc2c(=O)c(-c3ccc(O)cc3)coc2cc1C(C(=O)O)C(=O)OC[C@H]1O[C@@H](O)[C@H](O)[C@@H](O)[C@@H]1O. The Hall–Kier alpha value is -4.01. The minimum Gasteiger partial charge on any atom is -0.508 e. The monoisotopic (exact) mass is 532 g/mol. The number of aromatic hydroxyl groups is 1. The van der Waals surface area contributed by atoms with Gasteiger partial charge in [-0.05, 0) is 29.8 Å². The molecule has 2 aromatic carbocycles. The van der Waals surface area contributed by atoms with Gasteiger partial charge in [-0.25, -0.2) is 0 Å². The minimum atomic E-state index is -1.96. The van der Waals surface area contributed by atoms with Gasteiger partial charge in [0.2, 0.25) is 5.43 Å². The van der Waals surface area contributed by atoms with Crippen molar-refractivity contribution in [3.63, 3.8) is 0 Å². The predicted octanol–water partition coefficient (Wildman–Crippen LogP) is -0.315. The molecule has 0 radical (unpaired) electrons. The molecule has 0 spiro atoms. The summed E-state index contributed by atoms with van der Waals surface area (Å²) < 4.78 is 20.8. The highest BCUT2D eigenvalue weighted by Crippen LogP contribution is 2.33. The number of benzene rings is 2. The maximum atomic E-state index is 13.1. The zero-order valence-electron chi connectivity index (χ0n) is 19.8. The van der Waals surface area contributed by atoms with Crippen LogP contribution in [0.2, 0.25) is 0 Å². The van der Waals surface area contributed by atoms with Crippen LogP contribution in [0.5, 0.6) is 11.5 Å². The molecule has 1 unspecified atom stereocenters. The molecule has 0 aliphatic carbocycles. The standard InChI is InChI=1S/C25H24O13/c1-35-15-7-13-16(36-8-14(19(13)27)10-2-4-11(26)5-3-10)6-12(15)18(23(31)32)24(33)37-9-17-20(28)21(29)22(30)25(34)38-17/h2-8,17-18,20-22,25-26,28-30,34H,9H2,1H3,(H,31,32)/t17-,18?,20-,21+,22-,25-/m1/s1. The van der Waals surface area contributed by atoms with Gasteiger partial charge in [0.1, 0.15) is 54.4 Å². The molecule has 0 saturated carbocycles. The highest BCUT2D eigenvalue weighted by molar-refractivity contribution is 6.01. The van der Waals surface area contributed by atoms with Gasteiger partial charge in [0.25, 0.3) is 0 Å². The third-order valence-electron chi connectivity index (χ3n) is 6.17. The number of esters is 1. The quantitative estimate of drug-likeness (QED) is 0.170. The topological polar surface area (TPSA) is 213 Å². The Labute approximate surface area is 213 Å². The summed E-state index contributed by atoms with van der Waals surface area (Å²) in [6.45, 7) is -0.758. The average Bonchev–Trinajstić information content (AvgIpc) is 2.89. The van der Waals surface area contributed by atoms with Crippen LogP contribution >= 0.6 is 0 Å². The normalized spacial score (nSPS) is 24.1. The molecular formula is C25H24O13. The van der Waals surface area contributed by atoms with Crippen molar-refractivity contribution in [2.24, 2.45) is 0 Å². The van der Waals surface area contributed by atoms with E-state index in [1.165, 1.54) is 37.4 Å². The Balaban J connectivity index is 1.65. The number of fused-ring (bicyclic) bond motifs is 1. The predicted molar refractivity (Wildman–Crippen MR) is 126 cm³/mol. The van der Waals surface area contributed by atoms with Crippen LogP contribution in [0, 0.1) is 0 Å². The first-order chi connectivity index (χ1) is 18.0. The Bertz CT molecular complexity index is 1400. The van der Waals surface area contributed by atoms with E-state index in [2.05, 4.69) is 0 Å². The lowest BCUT2D eigenvalue weighted by Gasteiger charge is -2.38. The highest BCUT2D eigenvalue weighted by Gasteiger charge is 2.44. The number of phenolic OH excluding ortho intramolecular Hbond substituents is 1. The van der Waals surface area contributed by atoms with E-state index in [-0.39, 0.29) is 33.6 Å². The fourth-order valence-electron chi connectivity index (χ4n) is 4.09. The van der Waals surface area contributed by atoms with Gasteiger partial charge in [-0.2, -0.15) is 0 Å². The Morgan fingerprint density at radius 2 is 1.71 bits per heavy atom. The van der Waals surface area contributed by atoms with Crippen molar-refractivity contribution in [2.45, 2.75) is 36.6 Å². The Morgan fingerprint density at radius 3 is 2.34 bits per heavy atom. The molecule has 1 saturated heterocycles. The van der Waals surface area contributed by atoms with Gasteiger partial charge in [0, 0.05) is 5.56 Å². The number of carbonyl (C=O) groups excluding carboxylic acids is 1. The maximum absolute atomic E-state index is 13.1. The van der Waals surface area contributed by atoms with Crippen molar-refractivity contribution in [2.75, 3.05) is 13.7 Å². The number of carboxylic acids is 1. The van der Waals surface area contributed by atoms with Crippen molar-refractivity contribution in [1.29, 1.82) is 0 Å². The van der Waals surface area contributed by atoms with E-state index in [1.54, 1.807) is 0 Å². The number of methoxy groups -OCH3 is 1. The summed E-state index contributed by atoms with van der Waals surface area (Å²) in [5.41, 5.74) is -0.0818. The molecule has 4 rings (SSSR count). The molecule has 1 aliphatic rings. The van der Waals surface area contributed by atoms with Gasteiger partial charge in [0.15, 0.2) is 12.2 Å². The number of hydrogen-bond acceptors (Lipinski definition) is 12. The van der Waals surface area contributed by atoms with Crippen LogP contribution in [0.1, 0.15) is 11.5 Å². The minimum absolute atomic E-state index is 0.00587. The van der Waals surface area contributed by atoms with Crippen LogP contribution in [0.3, 0.4) is 0 Å². The van der Waals surface area contributed by atoms with E-state index in [0.29, 0.717) is 5.56 Å². The smallest absolute Gasteiger partial charge is 0.325 e. The summed E-state index contributed by atoms with van der Waals surface area (Å²) >= 11 is 0. The Morgan fingerprint density at radius 1 is 1.03 bits per heavy atom. The largest absolute Gasteiger partial charge is 0.508 e. The highest BCUT2D eigenvalue weighted by atomic mass is 16.7. The second-order valence-corrected chi connectivity index (χ2v) is 8.55. The van der Waals surface area contributed by atoms with E-state index in [1.807, 2.05) is 0 Å². The molecule has 13 nitrogen and oxygen atoms in total. The lowest BCUT2D eigenvalue weighted by molar-refractivity contribution is -0.287.